The van der Waals surface area contributed by atoms with Crippen molar-refractivity contribution in [3.05, 3.63) is 0 Å². The third kappa shape index (κ3) is 9.40. The number of piperidine rings is 1. The molecule has 3 amide bonds. The zero-order valence-corrected chi connectivity index (χ0v) is 15.3. The first-order chi connectivity index (χ1) is 11.7. The van der Waals surface area contributed by atoms with E-state index in [9.17, 15) is 22.8 Å². The van der Waals surface area contributed by atoms with Gasteiger partial charge in [-0.15, -0.1) is 0 Å². The van der Waals surface area contributed by atoms with E-state index in [0.29, 0.717) is 12.8 Å². The van der Waals surface area contributed by atoms with Gasteiger partial charge in [0, 0.05) is 33.0 Å². The SMILES string of the molecule is CC(=O)NCCCS(=O)(=O)O.O=C1CC[C@H](C(=O)N2CCCCC2)N1. The molecule has 0 radical (unpaired) electrons. The van der Waals surface area contributed by atoms with Gasteiger partial charge in [0.1, 0.15) is 6.04 Å². The van der Waals surface area contributed by atoms with Gasteiger partial charge in [0.25, 0.3) is 10.1 Å². The number of amides is 3. The molecule has 0 spiro atoms. The molecule has 3 N–H and O–H groups in total. The third-order valence-electron chi connectivity index (χ3n) is 3.91. The molecule has 0 aromatic heterocycles. The van der Waals surface area contributed by atoms with Crippen LogP contribution in [-0.2, 0) is 24.5 Å². The van der Waals surface area contributed by atoms with Crippen LogP contribution in [0, 0.1) is 0 Å². The number of carbonyl (C=O) groups excluding carboxylic acids is 3. The Bertz CT molecular complexity index is 572. The number of nitrogens with zero attached hydrogens (tertiary/aromatic N) is 1. The summed E-state index contributed by atoms with van der Waals surface area (Å²) in [6.07, 6.45) is 4.84. The van der Waals surface area contributed by atoms with Gasteiger partial charge in [0.05, 0.1) is 5.75 Å². The molecular formula is C15H27N3O6S. The first-order valence-corrected chi connectivity index (χ1v) is 10.1. The van der Waals surface area contributed by atoms with Crippen LogP contribution in [-0.4, -0.2) is 67.0 Å². The topological polar surface area (TPSA) is 133 Å². The largest absolute Gasteiger partial charge is 0.356 e. The maximum absolute atomic E-state index is 11.9. The third-order valence-corrected chi connectivity index (χ3v) is 4.72. The summed E-state index contributed by atoms with van der Waals surface area (Å²) in [6, 6.07) is -0.236. The zero-order chi connectivity index (χ0) is 18.9. The Hall–Kier alpha value is -1.68. The van der Waals surface area contributed by atoms with E-state index in [4.69, 9.17) is 4.55 Å². The zero-order valence-electron chi connectivity index (χ0n) is 14.5. The number of nitrogens with one attached hydrogen (secondary N) is 2. The Balaban J connectivity index is 0.000000260. The van der Waals surface area contributed by atoms with Crippen molar-refractivity contribution in [3.63, 3.8) is 0 Å². The molecule has 2 aliphatic rings. The molecule has 2 heterocycles. The van der Waals surface area contributed by atoms with Gasteiger partial charge >= 0.3 is 0 Å². The highest BCUT2D eigenvalue weighted by molar-refractivity contribution is 7.85. The second-order valence-electron chi connectivity index (χ2n) is 6.17. The van der Waals surface area contributed by atoms with E-state index in [0.717, 1.165) is 25.9 Å². The van der Waals surface area contributed by atoms with Gasteiger partial charge < -0.3 is 15.5 Å². The maximum atomic E-state index is 11.9. The fourth-order valence-corrected chi connectivity index (χ4v) is 3.16. The van der Waals surface area contributed by atoms with E-state index in [1.54, 1.807) is 0 Å². The van der Waals surface area contributed by atoms with Crippen LogP contribution >= 0.6 is 0 Å². The minimum atomic E-state index is -3.87. The molecule has 25 heavy (non-hydrogen) atoms. The van der Waals surface area contributed by atoms with E-state index in [-0.39, 0.29) is 42.5 Å². The summed E-state index contributed by atoms with van der Waals surface area (Å²) in [5.41, 5.74) is 0. The second-order valence-corrected chi connectivity index (χ2v) is 7.74. The Morgan fingerprint density at radius 1 is 1.28 bits per heavy atom. The molecule has 2 rings (SSSR count). The summed E-state index contributed by atoms with van der Waals surface area (Å²) < 4.78 is 28.5. The highest BCUT2D eigenvalue weighted by Crippen LogP contribution is 2.14. The molecule has 10 heteroatoms. The van der Waals surface area contributed by atoms with E-state index in [1.807, 2.05) is 4.90 Å². The highest BCUT2D eigenvalue weighted by Gasteiger charge is 2.30. The summed E-state index contributed by atoms with van der Waals surface area (Å²) in [7, 11) is -3.87. The van der Waals surface area contributed by atoms with Gasteiger partial charge in [-0.1, -0.05) is 0 Å². The first-order valence-electron chi connectivity index (χ1n) is 8.47. The van der Waals surface area contributed by atoms with Gasteiger partial charge in [-0.3, -0.25) is 18.9 Å². The van der Waals surface area contributed by atoms with Gasteiger partial charge in [-0.25, -0.2) is 0 Å². The molecule has 0 aromatic carbocycles. The molecule has 9 nitrogen and oxygen atoms in total. The maximum Gasteiger partial charge on any atom is 0.264 e. The van der Waals surface area contributed by atoms with Crippen LogP contribution in [0.1, 0.15) is 45.4 Å². The standard InChI is InChI=1S/C10H16N2O2.C5H11NO4S/c13-9-5-4-8(11-9)10(14)12-6-2-1-3-7-12;1-5(7)6-3-2-4-11(8,9)10/h8H,1-7H2,(H,11,13);2-4H2,1H3,(H,6,7)(H,8,9,10)/t8-;/m1./s1. The summed E-state index contributed by atoms with van der Waals surface area (Å²) in [6.45, 7) is 3.35. The van der Waals surface area contributed by atoms with Crippen molar-refractivity contribution in [2.45, 2.75) is 51.5 Å². The number of hydrogen-bond acceptors (Lipinski definition) is 5. The van der Waals surface area contributed by atoms with Crippen LogP contribution in [0.3, 0.4) is 0 Å². The Morgan fingerprint density at radius 2 is 1.92 bits per heavy atom. The van der Waals surface area contributed by atoms with Crippen LogP contribution in [0.25, 0.3) is 0 Å². The molecule has 0 unspecified atom stereocenters. The van der Waals surface area contributed by atoms with E-state index in [2.05, 4.69) is 10.6 Å². The minimum absolute atomic E-state index is 0.0142. The van der Waals surface area contributed by atoms with Crippen molar-refractivity contribution in [3.8, 4) is 0 Å². The average molecular weight is 377 g/mol. The van der Waals surface area contributed by atoms with E-state index >= 15 is 0 Å². The number of carbonyl (C=O) groups is 3. The lowest BCUT2D eigenvalue weighted by Crippen LogP contribution is -2.46. The van der Waals surface area contributed by atoms with E-state index in [1.165, 1.54) is 13.3 Å². The van der Waals surface area contributed by atoms with Crippen molar-refractivity contribution in [1.82, 2.24) is 15.5 Å². The normalized spacial score (nSPS) is 20.3. The Labute approximate surface area is 148 Å². The van der Waals surface area contributed by atoms with Crippen molar-refractivity contribution in [2.75, 3.05) is 25.4 Å². The molecule has 1 atom stereocenters. The van der Waals surface area contributed by atoms with Crippen molar-refractivity contribution in [1.29, 1.82) is 0 Å². The lowest BCUT2D eigenvalue weighted by molar-refractivity contribution is -0.135. The predicted octanol–water partition coefficient (Wildman–Crippen LogP) is -0.322. The van der Waals surface area contributed by atoms with Gasteiger partial charge in [-0.05, 0) is 32.1 Å². The fraction of sp³-hybridized carbons (Fsp3) is 0.800. The van der Waals surface area contributed by atoms with Gasteiger partial charge in [-0.2, -0.15) is 8.42 Å². The van der Waals surface area contributed by atoms with Crippen LogP contribution in [0.5, 0.6) is 0 Å². The molecule has 2 saturated heterocycles. The molecule has 0 saturated carbocycles. The smallest absolute Gasteiger partial charge is 0.264 e. The molecule has 0 bridgehead atoms. The summed E-state index contributed by atoms with van der Waals surface area (Å²) in [5, 5.41) is 5.12. The fourth-order valence-electron chi connectivity index (χ4n) is 2.65. The lowest BCUT2D eigenvalue weighted by atomic mass is 10.1. The summed E-state index contributed by atoms with van der Waals surface area (Å²) >= 11 is 0. The highest BCUT2D eigenvalue weighted by atomic mass is 32.2. The number of rotatable bonds is 5. The molecular weight excluding hydrogens is 350 g/mol. The van der Waals surface area contributed by atoms with Crippen LogP contribution in [0.4, 0.5) is 0 Å². The van der Waals surface area contributed by atoms with Crippen molar-refractivity contribution >= 4 is 27.8 Å². The Morgan fingerprint density at radius 3 is 2.40 bits per heavy atom. The molecule has 0 aromatic rings. The first kappa shape index (κ1) is 21.4. The molecule has 2 aliphatic heterocycles. The predicted molar refractivity (Wildman–Crippen MR) is 91.3 cm³/mol. The average Bonchev–Trinajstić information content (AvgIpc) is 2.98. The van der Waals surface area contributed by atoms with E-state index < -0.39 is 10.1 Å². The molecule has 2 fully saturated rings. The summed E-state index contributed by atoms with van der Waals surface area (Å²) in [4.78, 5) is 34.9. The summed E-state index contributed by atoms with van der Waals surface area (Å²) in [5.74, 6) is -0.385. The van der Waals surface area contributed by atoms with Crippen LogP contribution in [0.2, 0.25) is 0 Å². The molecule has 0 aliphatic carbocycles. The van der Waals surface area contributed by atoms with Crippen LogP contribution < -0.4 is 10.6 Å². The minimum Gasteiger partial charge on any atom is -0.356 e. The quantitative estimate of drug-likeness (QED) is 0.444. The monoisotopic (exact) mass is 377 g/mol. The number of hydrogen-bond donors (Lipinski definition) is 3. The second kappa shape index (κ2) is 10.3. The van der Waals surface area contributed by atoms with Crippen LogP contribution in [0.15, 0.2) is 0 Å². The van der Waals surface area contributed by atoms with Gasteiger partial charge in [0.15, 0.2) is 0 Å². The Kier molecular flexibility index (Phi) is 8.84. The number of likely N-dealkylation sites (tertiary alicyclic amines) is 1. The van der Waals surface area contributed by atoms with Gasteiger partial charge in [0.2, 0.25) is 17.7 Å². The molecule has 144 valence electrons. The lowest BCUT2D eigenvalue weighted by Gasteiger charge is -2.28. The van der Waals surface area contributed by atoms with Crippen molar-refractivity contribution in [2.24, 2.45) is 0 Å². The van der Waals surface area contributed by atoms with Crippen molar-refractivity contribution < 1.29 is 27.4 Å².